The lowest BCUT2D eigenvalue weighted by molar-refractivity contribution is -0.113. The van der Waals surface area contributed by atoms with E-state index >= 15 is 0 Å². The van der Waals surface area contributed by atoms with E-state index in [0.29, 0.717) is 16.4 Å². The number of amides is 1. The van der Waals surface area contributed by atoms with Gasteiger partial charge in [-0.05, 0) is 61.4 Å². The molecular weight excluding hydrogens is 427 g/mol. The Balaban J connectivity index is 1.25. The maximum Gasteiger partial charge on any atom is 0.234 e. The van der Waals surface area contributed by atoms with Gasteiger partial charge in [-0.3, -0.25) is 4.79 Å². The fourth-order valence-electron chi connectivity index (χ4n) is 3.77. The van der Waals surface area contributed by atoms with Gasteiger partial charge in [0.25, 0.3) is 0 Å². The molecule has 32 heavy (non-hydrogen) atoms. The quantitative estimate of drug-likeness (QED) is 0.350. The lowest BCUT2D eigenvalue weighted by Crippen LogP contribution is -2.18. The molecule has 9 heteroatoms. The fraction of sp³-hybridized carbons (Fsp3) is 0.217. The molecule has 3 heterocycles. The molecule has 2 aromatic carbocycles. The van der Waals surface area contributed by atoms with Crippen molar-refractivity contribution >= 4 is 40.1 Å². The third-order valence-corrected chi connectivity index (χ3v) is 6.37. The Labute approximate surface area is 188 Å². The van der Waals surface area contributed by atoms with Gasteiger partial charge in [-0.1, -0.05) is 11.8 Å². The minimum atomic E-state index is -0.312. The van der Waals surface area contributed by atoms with E-state index in [2.05, 4.69) is 25.3 Å². The standard InChI is InChI=1S/C23H21FN6OS/c24-16-3-7-19(8-4-16)30-22-20(13-27-30)23(26-15-25-22)32-14-21(31)28-17-5-9-18(10-6-17)29-11-1-2-12-29/h3-10,13,15H,1-2,11-12,14H2,(H,28,31). The highest BCUT2D eigenvalue weighted by Gasteiger charge is 2.14. The Hall–Kier alpha value is -3.46. The van der Waals surface area contributed by atoms with Crippen LogP contribution < -0.4 is 10.2 Å². The van der Waals surface area contributed by atoms with Crippen LogP contribution in [0.25, 0.3) is 16.7 Å². The summed E-state index contributed by atoms with van der Waals surface area (Å²) < 4.78 is 14.9. The topological polar surface area (TPSA) is 75.9 Å². The first-order valence-corrected chi connectivity index (χ1v) is 11.4. The van der Waals surface area contributed by atoms with Crippen molar-refractivity contribution < 1.29 is 9.18 Å². The molecule has 0 atom stereocenters. The molecule has 0 aliphatic carbocycles. The molecule has 1 aliphatic rings. The van der Waals surface area contributed by atoms with Crippen molar-refractivity contribution in [1.82, 2.24) is 19.7 Å². The number of carbonyl (C=O) groups is 1. The molecule has 162 valence electrons. The van der Waals surface area contributed by atoms with Crippen LogP contribution >= 0.6 is 11.8 Å². The van der Waals surface area contributed by atoms with Gasteiger partial charge >= 0.3 is 0 Å². The molecule has 2 aromatic heterocycles. The van der Waals surface area contributed by atoms with Gasteiger partial charge in [-0.25, -0.2) is 19.0 Å². The van der Waals surface area contributed by atoms with Crippen LogP contribution in [0.5, 0.6) is 0 Å². The summed E-state index contributed by atoms with van der Waals surface area (Å²) in [7, 11) is 0. The third kappa shape index (κ3) is 4.29. The van der Waals surface area contributed by atoms with Crippen LogP contribution in [-0.2, 0) is 4.79 Å². The van der Waals surface area contributed by atoms with Crippen LogP contribution in [0.4, 0.5) is 15.8 Å². The zero-order chi connectivity index (χ0) is 21.9. The average Bonchev–Trinajstić information content (AvgIpc) is 3.49. The van der Waals surface area contributed by atoms with E-state index in [4.69, 9.17) is 0 Å². The summed E-state index contributed by atoms with van der Waals surface area (Å²) >= 11 is 1.33. The smallest absolute Gasteiger partial charge is 0.234 e. The van der Waals surface area contributed by atoms with E-state index < -0.39 is 0 Å². The number of benzene rings is 2. The molecule has 1 saturated heterocycles. The number of nitrogens with one attached hydrogen (secondary N) is 1. The third-order valence-electron chi connectivity index (χ3n) is 5.36. The minimum absolute atomic E-state index is 0.110. The first kappa shape index (κ1) is 20.4. The van der Waals surface area contributed by atoms with Gasteiger partial charge in [0, 0.05) is 24.5 Å². The zero-order valence-electron chi connectivity index (χ0n) is 17.2. The fourth-order valence-corrected chi connectivity index (χ4v) is 4.53. The van der Waals surface area contributed by atoms with Crippen molar-refractivity contribution in [2.24, 2.45) is 0 Å². The number of halogens is 1. The van der Waals surface area contributed by atoms with Crippen LogP contribution in [-0.4, -0.2) is 44.5 Å². The zero-order valence-corrected chi connectivity index (χ0v) is 18.1. The van der Waals surface area contributed by atoms with Crippen molar-refractivity contribution in [3.05, 3.63) is 66.9 Å². The Bertz CT molecular complexity index is 1240. The van der Waals surface area contributed by atoms with Crippen LogP contribution in [0.3, 0.4) is 0 Å². The van der Waals surface area contributed by atoms with Gasteiger partial charge in [0.05, 0.1) is 23.0 Å². The number of hydrogen-bond donors (Lipinski definition) is 1. The predicted molar refractivity (Wildman–Crippen MR) is 124 cm³/mol. The highest BCUT2D eigenvalue weighted by Crippen LogP contribution is 2.26. The van der Waals surface area contributed by atoms with E-state index in [1.165, 1.54) is 48.8 Å². The normalized spacial score (nSPS) is 13.6. The molecule has 1 fully saturated rings. The molecule has 1 N–H and O–H groups in total. The summed E-state index contributed by atoms with van der Waals surface area (Å²) in [5.74, 6) is -0.212. The van der Waals surface area contributed by atoms with Crippen LogP contribution in [0.2, 0.25) is 0 Å². The van der Waals surface area contributed by atoms with Crippen LogP contribution in [0.1, 0.15) is 12.8 Å². The van der Waals surface area contributed by atoms with E-state index in [1.807, 2.05) is 24.3 Å². The molecule has 7 nitrogen and oxygen atoms in total. The molecule has 0 saturated carbocycles. The Morgan fingerprint density at radius 3 is 2.47 bits per heavy atom. The van der Waals surface area contributed by atoms with E-state index in [0.717, 1.165) is 24.2 Å². The molecule has 0 spiro atoms. The number of rotatable bonds is 6. The number of thioether (sulfide) groups is 1. The first-order valence-electron chi connectivity index (χ1n) is 10.4. The maximum absolute atomic E-state index is 13.2. The van der Waals surface area contributed by atoms with Gasteiger partial charge < -0.3 is 10.2 Å². The number of carbonyl (C=O) groups excluding carboxylic acids is 1. The van der Waals surface area contributed by atoms with E-state index in [9.17, 15) is 9.18 Å². The van der Waals surface area contributed by atoms with Gasteiger partial charge in [0.2, 0.25) is 5.91 Å². The molecule has 5 rings (SSSR count). The lowest BCUT2D eigenvalue weighted by Gasteiger charge is -2.17. The predicted octanol–water partition coefficient (Wildman–Crippen LogP) is 4.29. The Morgan fingerprint density at radius 1 is 1.00 bits per heavy atom. The van der Waals surface area contributed by atoms with E-state index in [1.54, 1.807) is 23.0 Å². The molecule has 1 amide bonds. The van der Waals surface area contributed by atoms with Crippen LogP contribution in [0, 0.1) is 5.82 Å². The second-order valence-electron chi connectivity index (χ2n) is 7.53. The first-order chi connectivity index (χ1) is 15.7. The molecule has 0 bridgehead atoms. The number of nitrogens with zero attached hydrogens (tertiary/aromatic N) is 5. The molecule has 0 radical (unpaired) electrons. The van der Waals surface area contributed by atoms with Gasteiger partial charge in [-0.2, -0.15) is 5.10 Å². The largest absolute Gasteiger partial charge is 0.372 e. The molecule has 4 aromatic rings. The number of hydrogen-bond acceptors (Lipinski definition) is 6. The number of aromatic nitrogens is 4. The summed E-state index contributed by atoms with van der Waals surface area (Å²) in [5.41, 5.74) is 3.27. The summed E-state index contributed by atoms with van der Waals surface area (Å²) in [4.78, 5) is 23.5. The minimum Gasteiger partial charge on any atom is -0.372 e. The average molecular weight is 449 g/mol. The summed E-state index contributed by atoms with van der Waals surface area (Å²) in [6, 6.07) is 14.0. The Kier molecular flexibility index (Phi) is 5.72. The van der Waals surface area contributed by atoms with Gasteiger partial charge in [0.1, 0.15) is 17.2 Å². The molecule has 1 aliphatic heterocycles. The molecular formula is C23H21FN6OS. The lowest BCUT2D eigenvalue weighted by atomic mass is 10.2. The Morgan fingerprint density at radius 2 is 1.72 bits per heavy atom. The summed E-state index contributed by atoms with van der Waals surface area (Å²) in [6.45, 7) is 2.18. The van der Waals surface area contributed by atoms with E-state index in [-0.39, 0.29) is 17.5 Å². The number of fused-ring (bicyclic) bond motifs is 1. The van der Waals surface area contributed by atoms with Crippen molar-refractivity contribution in [3.63, 3.8) is 0 Å². The molecule has 0 unspecified atom stereocenters. The summed E-state index contributed by atoms with van der Waals surface area (Å²) in [6.07, 6.45) is 5.57. The second-order valence-corrected chi connectivity index (χ2v) is 8.49. The van der Waals surface area contributed by atoms with Gasteiger partial charge in [-0.15, -0.1) is 0 Å². The monoisotopic (exact) mass is 448 g/mol. The van der Waals surface area contributed by atoms with Crippen molar-refractivity contribution in [2.45, 2.75) is 17.9 Å². The van der Waals surface area contributed by atoms with Crippen molar-refractivity contribution in [3.8, 4) is 5.69 Å². The van der Waals surface area contributed by atoms with Gasteiger partial charge in [0.15, 0.2) is 5.65 Å². The highest BCUT2D eigenvalue weighted by atomic mass is 32.2. The van der Waals surface area contributed by atoms with Crippen LogP contribution in [0.15, 0.2) is 66.1 Å². The second kappa shape index (κ2) is 8.96. The number of anilines is 2. The highest BCUT2D eigenvalue weighted by molar-refractivity contribution is 8.00. The van der Waals surface area contributed by atoms with Crippen molar-refractivity contribution in [2.75, 3.05) is 29.1 Å². The SMILES string of the molecule is O=C(CSc1ncnc2c1cnn2-c1ccc(F)cc1)Nc1ccc(N2CCCC2)cc1. The van der Waals surface area contributed by atoms with Crippen molar-refractivity contribution in [1.29, 1.82) is 0 Å². The maximum atomic E-state index is 13.2. The summed E-state index contributed by atoms with van der Waals surface area (Å²) in [5, 5.41) is 8.71.